The van der Waals surface area contributed by atoms with Crippen LogP contribution in [0.3, 0.4) is 0 Å². The quantitative estimate of drug-likeness (QED) is 0.330. The van der Waals surface area contributed by atoms with E-state index in [1.807, 2.05) is 30.3 Å². The molecule has 0 saturated carbocycles. The fourth-order valence-electron chi connectivity index (χ4n) is 4.63. The standard InChI is InChI=1S/C28H24O7/c1-28(2,32)27-23(31)21-24(33-3)19-17(15-10-6-4-7-11-15)14-18(29)34-25(19)20(26(21)35-27)22(30)16-12-8-5-9-13-16/h4-14,23,27,31-32H,1-3H3. The number of hydrogen-bond acceptors (Lipinski definition) is 7. The fraction of sp³-hybridized carbons (Fsp3) is 0.214. The van der Waals surface area contributed by atoms with Crippen molar-refractivity contribution in [3.8, 4) is 22.6 Å². The van der Waals surface area contributed by atoms with Crippen molar-refractivity contribution in [2.75, 3.05) is 7.11 Å². The maximum atomic E-state index is 13.8. The molecule has 0 amide bonds. The average molecular weight is 472 g/mol. The number of ether oxygens (including phenoxy) is 2. The van der Waals surface area contributed by atoms with Crippen LogP contribution in [0, 0.1) is 0 Å². The van der Waals surface area contributed by atoms with E-state index in [-0.39, 0.29) is 28.2 Å². The van der Waals surface area contributed by atoms with Crippen molar-refractivity contribution < 1.29 is 28.9 Å². The highest BCUT2D eigenvalue weighted by molar-refractivity contribution is 6.20. The molecule has 7 nitrogen and oxygen atoms in total. The SMILES string of the molecule is COc1c2c(c(C(=O)c3ccccc3)c3oc(=O)cc(-c4ccccc4)c13)OC(C(C)(C)O)C2O. The minimum Gasteiger partial charge on any atom is -0.495 e. The van der Waals surface area contributed by atoms with Crippen LogP contribution in [-0.4, -0.2) is 34.8 Å². The molecule has 0 aliphatic carbocycles. The highest BCUT2D eigenvalue weighted by Crippen LogP contribution is 2.53. The zero-order chi connectivity index (χ0) is 24.9. The third-order valence-electron chi connectivity index (χ3n) is 6.21. The smallest absolute Gasteiger partial charge is 0.336 e. The van der Waals surface area contributed by atoms with Crippen molar-refractivity contribution in [1.29, 1.82) is 0 Å². The Morgan fingerprint density at radius 2 is 1.66 bits per heavy atom. The minimum atomic E-state index is -1.45. The second-order valence-electron chi connectivity index (χ2n) is 9.03. The highest BCUT2D eigenvalue weighted by Gasteiger charge is 2.47. The van der Waals surface area contributed by atoms with E-state index < -0.39 is 29.2 Å². The Bertz CT molecular complexity index is 1480. The molecular formula is C28H24O7. The van der Waals surface area contributed by atoms with Gasteiger partial charge in [0, 0.05) is 17.2 Å². The lowest BCUT2D eigenvalue weighted by molar-refractivity contribution is -0.0765. The van der Waals surface area contributed by atoms with Crippen molar-refractivity contribution in [2.45, 2.75) is 31.7 Å². The number of fused-ring (bicyclic) bond motifs is 2. The minimum absolute atomic E-state index is 0.00981. The number of hydrogen-bond donors (Lipinski definition) is 2. The largest absolute Gasteiger partial charge is 0.495 e. The Hall–Kier alpha value is -3.94. The van der Waals surface area contributed by atoms with Crippen molar-refractivity contribution in [3.63, 3.8) is 0 Å². The molecule has 1 aromatic heterocycles. The molecule has 1 aliphatic heterocycles. The summed E-state index contributed by atoms with van der Waals surface area (Å²) in [6.45, 7) is 3.01. The molecule has 2 heterocycles. The summed E-state index contributed by atoms with van der Waals surface area (Å²) in [6.07, 6.45) is -2.39. The van der Waals surface area contributed by atoms with Gasteiger partial charge in [0.25, 0.3) is 0 Å². The molecule has 3 aromatic carbocycles. The van der Waals surface area contributed by atoms with Gasteiger partial charge in [-0.05, 0) is 19.4 Å². The number of methoxy groups -OCH3 is 1. The summed E-state index contributed by atoms with van der Waals surface area (Å²) >= 11 is 0. The molecule has 1 aliphatic rings. The topological polar surface area (TPSA) is 106 Å². The van der Waals surface area contributed by atoms with Crippen molar-refractivity contribution in [2.24, 2.45) is 0 Å². The molecule has 2 N–H and O–H groups in total. The predicted octanol–water partition coefficient (Wildman–Crippen LogP) is 4.26. The molecule has 0 fully saturated rings. The number of ketones is 1. The summed E-state index contributed by atoms with van der Waals surface area (Å²) in [7, 11) is 1.43. The van der Waals surface area contributed by atoms with Gasteiger partial charge in [-0.25, -0.2) is 4.79 Å². The average Bonchev–Trinajstić information content (AvgIpc) is 3.20. The van der Waals surface area contributed by atoms with Gasteiger partial charge in [-0.2, -0.15) is 0 Å². The first kappa shape index (κ1) is 22.8. The Morgan fingerprint density at radius 1 is 1.03 bits per heavy atom. The van der Waals surface area contributed by atoms with E-state index in [4.69, 9.17) is 13.9 Å². The number of aliphatic hydroxyl groups is 2. The molecule has 0 spiro atoms. The number of benzene rings is 3. The summed E-state index contributed by atoms with van der Waals surface area (Å²) in [5, 5.41) is 22.3. The first-order valence-corrected chi connectivity index (χ1v) is 11.2. The van der Waals surface area contributed by atoms with Crippen molar-refractivity contribution >= 4 is 16.8 Å². The monoisotopic (exact) mass is 472 g/mol. The van der Waals surface area contributed by atoms with Crippen LogP contribution in [0.4, 0.5) is 0 Å². The van der Waals surface area contributed by atoms with Gasteiger partial charge >= 0.3 is 5.63 Å². The van der Waals surface area contributed by atoms with E-state index in [1.165, 1.54) is 27.0 Å². The Morgan fingerprint density at radius 3 is 2.26 bits per heavy atom. The van der Waals surface area contributed by atoms with Gasteiger partial charge < -0.3 is 24.1 Å². The molecule has 0 radical (unpaired) electrons. The summed E-state index contributed by atoms with van der Waals surface area (Å²) in [4.78, 5) is 26.5. The maximum Gasteiger partial charge on any atom is 0.336 e. The normalized spacial score (nSPS) is 17.2. The summed E-state index contributed by atoms with van der Waals surface area (Å²) in [5.74, 6) is -0.218. The third kappa shape index (κ3) is 3.69. The number of carbonyl (C=O) groups excluding carboxylic acids is 1. The van der Waals surface area contributed by atoms with Crippen LogP contribution in [0.25, 0.3) is 22.1 Å². The summed E-state index contributed by atoms with van der Waals surface area (Å²) < 4.78 is 17.4. The van der Waals surface area contributed by atoms with Crippen LogP contribution in [0.1, 0.15) is 41.4 Å². The first-order chi connectivity index (χ1) is 16.7. The molecule has 7 heteroatoms. The van der Waals surface area contributed by atoms with E-state index in [0.29, 0.717) is 22.1 Å². The molecule has 178 valence electrons. The van der Waals surface area contributed by atoms with Gasteiger partial charge in [0.15, 0.2) is 11.7 Å². The Balaban J connectivity index is 1.95. The second kappa shape index (κ2) is 8.37. The molecule has 2 unspecified atom stereocenters. The van der Waals surface area contributed by atoms with E-state index in [0.717, 1.165) is 0 Å². The molecule has 0 saturated heterocycles. The van der Waals surface area contributed by atoms with E-state index in [1.54, 1.807) is 30.3 Å². The van der Waals surface area contributed by atoms with Crippen molar-refractivity contribution in [1.82, 2.24) is 0 Å². The second-order valence-corrected chi connectivity index (χ2v) is 9.03. The molecule has 4 aromatic rings. The van der Waals surface area contributed by atoms with E-state index in [2.05, 4.69) is 0 Å². The van der Waals surface area contributed by atoms with Crippen LogP contribution in [0.15, 0.2) is 75.9 Å². The Kier molecular flexibility index (Phi) is 5.46. The zero-order valence-corrected chi connectivity index (χ0v) is 19.4. The third-order valence-corrected chi connectivity index (χ3v) is 6.21. The Labute approximate surface area is 201 Å². The number of carbonyl (C=O) groups is 1. The summed E-state index contributed by atoms with van der Waals surface area (Å²) in [6, 6.07) is 19.0. The predicted molar refractivity (Wildman–Crippen MR) is 130 cm³/mol. The lowest BCUT2D eigenvalue weighted by Crippen LogP contribution is -2.41. The van der Waals surface area contributed by atoms with Gasteiger partial charge in [0.1, 0.15) is 23.2 Å². The molecule has 0 bridgehead atoms. The maximum absolute atomic E-state index is 13.8. The highest BCUT2D eigenvalue weighted by atomic mass is 16.5. The van der Waals surface area contributed by atoms with Gasteiger partial charge in [0.2, 0.25) is 5.78 Å². The lowest BCUT2D eigenvalue weighted by Gasteiger charge is -2.27. The first-order valence-electron chi connectivity index (χ1n) is 11.2. The van der Waals surface area contributed by atoms with Crippen LogP contribution in [0.5, 0.6) is 11.5 Å². The molecular weight excluding hydrogens is 448 g/mol. The van der Waals surface area contributed by atoms with Crippen LogP contribution in [-0.2, 0) is 0 Å². The summed E-state index contributed by atoms with van der Waals surface area (Å²) in [5.41, 5.74) is -0.376. The number of aliphatic hydroxyl groups excluding tert-OH is 1. The molecule has 5 rings (SSSR count). The number of rotatable bonds is 5. The molecule has 2 atom stereocenters. The van der Waals surface area contributed by atoms with Gasteiger partial charge in [-0.1, -0.05) is 60.7 Å². The molecule has 35 heavy (non-hydrogen) atoms. The van der Waals surface area contributed by atoms with Gasteiger partial charge in [-0.3, -0.25) is 4.79 Å². The fourth-order valence-corrected chi connectivity index (χ4v) is 4.63. The van der Waals surface area contributed by atoms with Crippen LogP contribution < -0.4 is 15.1 Å². The zero-order valence-electron chi connectivity index (χ0n) is 19.4. The van der Waals surface area contributed by atoms with Gasteiger partial charge in [-0.15, -0.1) is 0 Å². The van der Waals surface area contributed by atoms with Crippen molar-refractivity contribution in [3.05, 3.63) is 93.8 Å². The van der Waals surface area contributed by atoms with E-state index >= 15 is 0 Å². The van der Waals surface area contributed by atoms with Crippen LogP contribution in [0.2, 0.25) is 0 Å². The lowest BCUT2D eigenvalue weighted by atomic mass is 9.89. The van der Waals surface area contributed by atoms with Gasteiger partial charge in [0.05, 0.1) is 23.7 Å². The van der Waals surface area contributed by atoms with Crippen LogP contribution >= 0.6 is 0 Å². The van der Waals surface area contributed by atoms with E-state index in [9.17, 15) is 19.8 Å².